The molecule has 1 aliphatic rings. The van der Waals surface area contributed by atoms with Gasteiger partial charge in [0.2, 0.25) is 5.90 Å². The highest BCUT2D eigenvalue weighted by Gasteiger charge is 2.24. The van der Waals surface area contributed by atoms with Crippen LogP contribution in [0.25, 0.3) is 6.08 Å². The lowest BCUT2D eigenvalue weighted by Gasteiger charge is -1.96. The molecule has 19 heavy (non-hydrogen) atoms. The predicted molar refractivity (Wildman–Crippen MR) is 69.1 cm³/mol. The Morgan fingerprint density at radius 1 is 1.05 bits per heavy atom. The van der Waals surface area contributed by atoms with E-state index in [1.165, 1.54) is 0 Å². The summed E-state index contributed by atoms with van der Waals surface area (Å²) in [7, 11) is 0. The average Bonchev–Trinajstić information content (AvgIpc) is 2.82. The third kappa shape index (κ3) is 2.40. The van der Waals surface area contributed by atoms with E-state index in [-0.39, 0.29) is 11.6 Å². The number of hydrogen-bond donors (Lipinski definition) is 0. The predicted octanol–water partition coefficient (Wildman–Crippen LogP) is 1.82. The molecule has 5 nitrogen and oxygen atoms in total. The summed E-state index contributed by atoms with van der Waals surface area (Å²) in [6.45, 7) is 0. The summed E-state index contributed by atoms with van der Waals surface area (Å²) < 4.78 is 5.12. The minimum Gasteiger partial charge on any atom is -0.402 e. The van der Waals surface area contributed by atoms with E-state index in [1.807, 2.05) is 6.07 Å². The first-order chi connectivity index (χ1) is 9.33. The average molecular weight is 251 g/mol. The molecule has 0 saturated heterocycles. The Kier molecular flexibility index (Phi) is 2.86. The van der Waals surface area contributed by atoms with Crippen molar-refractivity contribution >= 4 is 17.9 Å². The maximum absolute atomic E-state index is 11.7. The van der Waals surface area contributed by atoms with Gasteiger partial charge in [0, 0.05) is 24.2 Å². The van der Waals surface area contributed by atoms with Crippen LogP contribution in [0, 0.1) is 0 Å². The number of aliphatic imine (C=N–C) groups is 1. The zero-order valence-electron chi connectivity index (χ0n) is 9.85. The minimum absolute atomic E-state index is 0.241. The molecule has 2 aromatic rings. The van der Waals surface area contributed by atoms with Crippen molar-refractivity contribution in [3.8, 4) is 0 Å². The smallest absolute Gasteiger partial charge is 0.363 e. The van der Waals surface area contributed by atoms with Gasteiger partial charge >= 0.3 is 5.97 Å². The summed E-state index contributed by atoms with van der Waals surface area (Å²) in [6, 6.07) is 8.90. The Morgan fingerprint density at radius 2 is 1.89 bits per heavy atom. The molecule has 2 aromatic heterocycles. The van der Waals surface area contributed by atoms with Crippen LogP contribution in [0.5, 0.6) is 0 Å². The molecule has 0 fully saturated rings. The largest absolute Gasteiger partial charge is 0.402 e. The first-order valence-corrected chi connectivity index (χ1v) is 5.67. The minimum atomic E-state index is -0.475. The quantitative estimate of drug-likeness (QED) is 0.603. The molecule has 0 bridgehead atoms. The Morgan fingerprint density at radius 3 is 2.63 bits per heavy atom. The van der Waals surface area contributed by atoms with Gasteiger partial charge in [0.1, 0.15) is 0 Å². The van der Waals surface area contributed by atoms with E-state index in [9.17, 15) is 4.79 Å². The zero-order chi connectivity index (χ0) is 13.1. The summed E-state index contributed by atoms with van der Waals surface area (Å²) in [5, 5.41) is 0. The number of pyridine rings is 2. The number of hydrogen-bond acceptors (Lipinski definition) is 5. The van der Waals surface area contributed by atoms with Crippen molar-refractivity contribution in [1.29, 1.82) is 0 Å². The molecule has 1 aliphatic heterocycles. The summed E-state index contributed by atoms with van der Waals surface area (Å²) in [6.07, 6.45) is 6.48. The number of cyclic esters (lactones) is 1. The van der Waals surface area contributed by atoms with Crippen LogP contribution in [0.3, 0.4) is 0 Å². The van der Waals surface area contributed by atoms with Gasteiger partial charge in [-0.05, 0) is 30.3 Å². The van der Waals surface area contributed by atoms with E-state index >= 15 is 0 Å². The number of carbonyl (C=O) groups is 1. The molecule has 92 valence electrons. The lowest BCUT2D eigenvalue weighted by atomic mass is 10.3. The van der Waals surface area contributed by atoms with Gasteiger partial charge in [-0.25, -0.2) is 9.79 Å². The first-order valence-electron chi connectivity index (χ1n) is 5.67. The van der Waals surface area contributed by atoms with E-state index in [4.69, 9.17) is 4.74 Å². The van der Waals surface area contributed by atoms with E-state index in [2.05, 4.69) is 15.0 Å². The van der Waals surface area contributed by atoms with Crippen LogP contribution >= 0.6 is 0 Å². The highest BCUT2D eigenvalue weighted by molar-refractivity contribution is 6.12. The van der Waals surface area contributed by atoms with Crippen LogP contribution < -0.4 is 0 Å². The Hall–Kier alpha value is -2.82. The lowest BCUT2D eigenvalue weighted by Crippen LogP contribution is -2.05. The Balaban J connectivity index is 1.94. The van der Waals surface area contributed by atoms with E-state index < -0.39 is 5.97 Å². The second kappa shape index (κ2) is 4.81. The van der Waals surface area contributed by atoms with Gasteiger partial charge in [-0.2, -0.15) is 0 Å². The molecule has 0 atom stereocenters. The maximum atomic E-state index is 11.7. The second-order valence-corrected chi connectivity index (χ2v) is 3.83. The van der Waals surface area contributed by atoms with Crippen molar-refractivity contribution in [3.63, 3.8) is 0 Å². The van der Waals surface area contributed by atoms with Crippen molar-refractivity contribution in [3.05, 3.63) is 65.9 Å². The fourth-order valence-corrected chi connectivity index (χ4v) is 1.63. The van der Waals surface area contributed by atoms with Gasteiger partial charge in [-0.15, -0.1) is 0 Å². The SMILES string of the molecule is O=C1OC(c2ccncc2)=N/C1=C/c1ccccn1. The molecule has 0 unspecified atom stereocenters. The molecular formula is C14H9N3O2. The fourth-order valence-electron chi connectivity index (χ4n) is 1.63. The van der Waals surface area contributed by atoms with Crippen LogP contribution in [0.15, 0.2) is 59.6 Å². The van der Waals surface area contributed by atoms with Gasteiger partial charge in [-0.1, -0.05) is 6.07 Å². The molecule has 3 rings (SSSR count). The zero-order valence-corrected chi connectivity index (χ0v) is 9.85. The highest BCUT2D eigenvalue weighted by atomic mass is 16.6. The normalized spacial score (nSPS) is 16.3. The summed E-state index contributed by atoms with van der Waals surface area (Å²) >= 11 is 0. The van der Waals surface area contributed by atoms with Crippen LogP contribution in [0.4, 0.5) is 0 Å². The van der Waals surface area contributed by atoms with E-state index in [1.54, 1.807) is 48.9 Å². The van der Waals surface area contributed by atoms with Gasteiger partial charge in [-0.3, -0.25) is 9.97 Å². The molecule has 0 radical (unpaired) electrons. The Labute approximate surface area is 109 Å². The highest BCUT2D eigenvalue weighted by Crippen LogP contribution is 2.17. The topological polar surface area (TPSA) is 64.4 Å². The summed E-state index contributed by atoms with van der Waals surface area (Å²) in [5.41, 5.74) is 1.62. The number of nitrogens with zero attached hydrogens (tertiary/aromatic N) is 3. The van der Waals surface area contributed by atoms with Crippen molar-refractivity contribution in [2.75, 3.05) is 0 Å². The molecule has 3 heterocycles. The second-order valence-electron chi connectivity index (χ2n) is 3.83. The van der Waals surface area contributed by atoms with Gasteiger partial charge in [0.05, 0.1) is 5.69 Å². The van der Waals surface area contributed by atoms with E-state index in [0.717, 1.165) is 0 Å². The molecule has 5 heteroatoms. The number of aromatic nitrogens is 2. The van der Waals surface area contributed by atoms with Gasteiger partial charge in [0.25, 0.3) is 0 Å². The maximum Gasteiger partial charge on any atom is 0.363 e. The summed E-state index contributed by atoms with van der Waals surface area (Å²) in [4.78, 5) is 23.9. The van der Waals surface area contributed by atoms with Gasteiger partial charge in [0.15, 0.2) is 5.70 Å². The molecular weight excluding hydrogens is 242 g/mol. The summed E-state index contributed by atoms with van der Waals surface area (Å²) in [5.74, 6) is -0.188. The molecule has 0 amide bonds. The molecule has 0 aliphatic carbocycles. The number of esters is 1. The first kappa shape index (κ1) is 11.3. The van der Waals surface area contributed by atoms with Crippen LogP contribution in [0.2, 0.25) is 0 Å². The lowest BCUT2D eigenvalue weighted by molar-refractivity contribution is -0.129. The number of carbonyl (C=O) groups excluding carboxylic acids is 1. The van der Waals surface area contributed by atoms with Gasteiger partial charge < -0.3 is 4.74 Å². The number of rotatable bonds is 2. The van der Waals surface area contributed by atoms with Crippen LogP contribution in [-0.2, 0) is 9.53 Å². The monoisotopic (exact) mass is 251 g/mol. The third-order valence-electron chi connectivity index (χ3n) is 2.52. The standard InChI is InChI=1S/C14H9N3O2/c18-14-12(9-11-3-1-2-6-16-11)17-13(19-14)10-4-7-15-8-5-10/h1-9H/b12-9+. The van der Waals surface area contributed by atoms with Crippen molar-refractivity contribution < 1.29 is 9.53 Å². The fraction of sp³-hybridized carbons (Fsp3) is 0. The molecule has 0 spiro atoms. The molecule has 0 saturated carbocycles. The third-order valence-corrected chi connectivity index (χ3v) is 2.52. The van der Waals surface area contributed by atoms with Crippen LogP contribution in [-0.4, -0.2) is 21.8 Å². The number of ether oxygens (including phenoxy) is 1. The van der Waals surface area contributed by atoms with Crippen molar-refractivity contribution in [1.82, 2.24) is 9.97 Å². The molecule has 0 aromatic carbocycles. The van der Waals surface area contributed by atoms with Crippen molar-refractivity contribution in [2.24, 2.45) is 4.99 Å². The van der Waals surface area contributed by atoms with E-state index in [0.29, 0.717) is 11.3 Å². The van der Waals surface area contributed by atoms with Crippen molar-refractivity contribution in [2.45, 2.75) is 0 Å². The molecule has 0 N–H and O–H groups in total. The Bertz CT molecular complexity index is 664. The van der Waals surface area contributed by atoms with Crippen LogP contribution in [0.1, 0.15) is 11.3 Å².